The molecule has 0 fully saturated rings. The predicted octanol–water partition coefficient (Wildman–Crippen LogP) is -5.34. The van der Waals surface area contributed by atoms with Gasteiger partial charge in [-0.15, -0.1) is 0 Å². The number of nitrogens with one attached hydrogen (secondary N) is 5. The van der Waals surface area contributed by atoms with Crippen LogP contribution in [0.5, 0.6) is 0 Å². The molecule has 24 N–H and O–H groups in total. The Morgan fingerprint density at radius 1 is 0.629 bits per heavy atom. The number of rotatable bonds is 22. The van der Waals surface area contributed by atoms with Gasteiger partial charge in [0.1, 0.15) is 6.04 Å². The van der Waals surface area contributed by atoms with Crippen molar-refractivity contribution in [2.75, 3.05) is 11.4 Å². The van der Waals surface area contributed by atoms with Crippen LogP contribution in [0.4, 0.5) is 24.5 Å². The van der Waals surface area contributed by atoms with Crippen LogP contribution in [0.1, 0.15) is 22.7 Å². The van der Waals surface area contributed by atoms with Crippen LogP contribution in [0.15, 0.2) is 105 Å². The van der Waals surface area contributed by atoms with Crippen molar-refractivity contribution in [3.05, 3.63) is 112 Å². The van der Waals surface area contributed by atoms with E-state index in [1.54, 1.807) is 30.3 Å². The second-order valence-corrected chi connectivity index (χ2v) is 13.9. The minimum atomic E-state index is -5.26. The van der Waals surface area contributed by atoms with Gasteiger partial charge >= 0.3 is 6.18 Å². The van der Waals surface area contributed by atoms with Crippen LogP contribution in [0.25, 0.3) is 6.08 Å². The lowest BCUT2D eigenvalue weighted by molar-refractivity contribution is -0.385. The number of benzene rings is 3. The van der Waals surface area contributed by atoms with Crippen molar-refractivity contribution >= 4 is 76.7 Å². The van der Waals surface area contributed by atoms with Crippen LogP contribution in [-0.2, 0) is 34.9 Å². The van der Waals surface area contributed by atoms with E-state index in [1.807, 2.05) is 16.0 Å². The number of halogens is 3. The lowest BCUT2D eigenvalue weighted by atomic mass is 10.1. The maximum atomic E-state index is 14.5. The molecule has 0 aliphatic carbocycles. The Bertz CT molecular complexity index is 2550. The fourth-order valence-corrected chi connectivity index (χ4v) is 5.71. The van der Waals surface area contributed by atoms with Crippen LogP contribution in [0.2, 0.25) is 0 Å². The summed E-state index contributed by atoms with van der Waals surface area (Å²) in [6, 6.07) is 14.8. The Labute approximate surface area is 392 Å². The zero-order valence-corrected chi connectivity index (χ0v) is 36.1. The van der Waals surface area contributed by atoms with Crippen molar-refractivity contribution in [2.24, 2.45) is 71.6 Å². The highest BCUT2D eigenvalue weighted by Crippen LogP contribution is 2.39. The molecule has 0 aromatic heterocycles. The average molecular weight is 985 g/mol. The lowest BCUT2D eigenvalue weighted by Gasteiger charge is -2.31. The standard InChI is InChI=1S/C38H47F3N20O9/c39-38(40,41)20-16-19(61(69)70)13-14-21(20)60(15-7-10-17-8-3-1-4-9-17)33(68)32(67)51-22(18-11-5-2-6-12-18)28(63)53-25(57-35(45)46)30(65)55-27(59-37(49)50)31(66)54-26(58-36(47)48)29(64)52-24(23(42)62)56-34(43)44/h1-14,16,22,24-27,33,68H,15H2,(H2,42,62)(H,51,67)(H,52,64)(H,53,63)(H,54,66)(H,55,65)(H4,43,44,56)(H4,45,46,57)(H4,47,48,58)(H4,49,50,59)/b10-7-. The smallest absolute Gasteiger partial charge is 0.370 e. The molecule has 0 bridgehead atoms. The molecule has 3 aromatic carbocycles. The van der Waals surface area contributed by atoms with Gasteiger partial charge in [0.15, 0.2) is 23.8 Å². The van der Waals surface area contributed by atoms with E-state index in [0.717, 1.165) is 6.07 Å². The molecule has 3 rings (SSSR count). The number of primary amides is 1. The lowest BCUT2D eigenvalue weighted by Crippen LogP contribution is -2.58. The van der Waals surface area contributed by atoms with E-state index in [9.17, 15) is 57.2 Å². The number of nitro benzene ring substituents is 1. The molecule has 29 nitrogen and oxygen atoms in total. The molecule has 6 atom stereocenters. The van der Waals surface area contributed by atoms with Crippen LogP contribution >= 0.6 is 0 Å². The zero-order valence-electron chi connectivity index (χ0n) is 36.1. The van der Waals surface area contributed by atoms with E-state index in [4.69, 9.17) is 51.6 Å². The molecular formula is C38H47F3N20O9. The monoisotopic (exact) mass is 984 g/mol. The van der Waals surface area contributed by atoms with Crippen molar-refractivity contribution < 1.29 is 52.0 Å². The highest BCUT2D eigenvalue weighted by atomic mass is 19.4. The first-order valence-corrected chi connectivity index (χ1v) is 19.5. The fourth-order valence-electron chi connectivity index (χ4n) is 5.71. The van der Waals surface area contributed by atoms with Gasteiger partial charge in [0.2, 0.25) is 36.8 Å². The van der Waals surface area contributed by atoms with Crippen LogP contribution in [0, 0.1) is 10.1 Å². The highest BCUT2D eigenvalue weighted by Gasteiger charge is 2.40. The topological polar surface area (TPSA) is 513 Å². The van der Waals surface area contributed by atoms with Gasteiger partial charge in [0.05, 0.1) is 16.2 Å². The number of carbonyl (C=O) groups is 6. The number of hydrogen-bond acceptors (Lipinski definition) is 14. The van der Waals surface area contributed by atoms with Gasteiger partial charge in [-0.05, 0) is 17.2 Å². The number of amides is 6. The molecule has 0 aliphatic rings. The van der Waals surface area contributed by atoms with Gasteiger partial charge in [-0.3, -0.25) is 38.9 Å². The molecule has 3 aromatic rings. The van der Waals surface area contributed by atoms with Gasteiger partial charge < -0.3 is 88.2 Å². The second kappa shape index (κ2) is 24.7. The van der Waals surface area contributed by atoms with Crippen molar-refractivity contribution in [1.29, 1.82) is 0 Å². The summed E-state index contributed by atoms with van der Waals surface area (Å²) in [5, 5.41) is 33.2. The Hall–Kier alpha value is -9.75. The number of carbonyl (C=O) groups excluding carboxylic acids is 6. The highest BCUT2D eigenvalue weighted by molar-refractivity contribution is 5.99. The largest absolute Gasteiger partial charge is 0.418 e. The van der Waals surface area contributed by atoms with Gasteiger partial charge in [0, 0.05) is 18.7 Å². The molecule has 6 unspecified atom stereocenters. The SMILES string of the molecule is NC(=O)C(N=C(N)N)NC(=O)C(N=C(N)N)NC(=O)C(N=C(N)N)NC(=O)C(N=C(N)N)NC(=O)C(NC(=O)C(O)N(C/C=C\c1ccccc1)c1ccc([N+](=O)[O-])cc1C(F)(F)F)c1ccccc1. The molecule has 0 aliphatic heterocycles. The number of aliphatic hydroxyl groups is 1. The molecule has 0 saturated carbocycles. The van der Waals surface area contributed by atoms with Crippen molar-refractivity contribution in [2.45, 2.75) is 43.1 Å². The molecule has 70 heavy (non-hydrogen) atoms. The third kappa shape index (κ3) is 16.6. The normalized spacial score (nSPS) is 13.5. The van der Waals surface area contributed by atoms with Crippen molar-refractivity contribution in [3.63, 3.8) is 0 Å². The molecule has 6 amide bonds. The summed E-state index contributed by atoms with van der Waals surface area (Å²) in [5.74, 6) is -11.7. The zero-order chi connectivity index (χ0) is 52.5. The third-order valence-electron chi connectivity index (χ3n) is 8.67. The van der Waals surface area contributed by atoms with Crippen LogP contribution in [0.3, 0.4) is 0 Å². The molecule has 0 radical (unpaired) electrons. The number of hydrogen-bond donors (Lipinski definition) is 15. The van der Waals surface area contributed by atoms with Crippen molar-refractivity contribution in [3.8, 4) is 0 Å². The summed E-state index contributed by atoms with van der Waals surface area (Å²) >= 11 is 0. The first kappa shape index (κ1) is 54.6. The van der Waals surface area contributed by atoms with Crippen LogP contribution < -0.4 is 83.1 Å². The molecular weight excluding hydrogens is 938 g/mol. The van der Waals surface area contributed by atoms with Gasteiger partial charge in [-0.1, -0.05) is 72.8 Å². The number of guanidine groups is 4. The number of non-ortho nitro benzene ring substituents is 1. The number of nitrogens with two attached hydrogens (primary N) is 9. The molecule has 0 spiro atoms. The van der Waals surface area contributed by atoms with Gasteiger partial charge in [-0.2, -0.15) is 13.2 Å². The summed E-state index contributed by atoms with van der Waals surface area (Å²) < 4.78 is 43.4. The number of anilines is 1. The van der Waals surface area contributed by atoms with E-state index in [0.29, 0.717) is 16.5 Å². The fraction of sp³-hybridized carbons (Fsp3) is 0.211. The van der Waals surface area contributed by atoms with Crippen LogP contribution in [-0.4, -0.2) is 107 Å². The average Bonchev–Trinajstić information content (AvgIpc) is 3.27. The third-order valence-corrected chi connectivity index (χ3v) is 8.67. The molecule has 0 heterocycles. The molecule has 0 saturated heterocycles. The van der Waals surface area contributed by atoms with E-state index in [1.165, 1.54) is 42.5 Å². The minimum absolute atomic E-state index is 0.0635. The Balaban J connectivity index is 2.02. The maximum Gasteiger partial charge on any atom is 0.418 e. The molecule has 32 heteroatoms. The summed E-state index contributed by atoms with van der Waals surface area (Å²) in [7, 11) is 0. The summed E-state index contributed by atoms with van der Waals surface area (Å²) in [5.41, 5.74) is 45.5. The molecule has 374 valence electrons. The number of aliphatic imine (C=N–C) groups is 4. The van der Waals surface area contributed by atoms with E-state index in [2.05, 4.69) is 30.6 Å². The summed E-state index contributed by atoms with van der Waals surface area (Å²) in [6.07, 6.45) is -13.7. The summed E-state index contributed by atoms with van der Waals surface area (Å²) in [6.45, 7) is -0.632. The Morgan fingerprint density at radius 2 is 1.06 bits per heavy atom. The quantitative estimate of drug-likeness (QED) is 0.0147. The van der Waals surface area contributed by atoms with Crippen molar-refractivity contribution in [1.82, 2.24) is 26.6 Å². The first-order chi connectivity index (χ1) is 32.8. The second-order valence-electron chi connectivity index (χ2n) is 13.9. The van der Waals surface area contributed by atoms with E-state index >= 15 is 0 Å². The van der Waals surface area contributed by atoms with Gasteiger partial charge in [0.25, 0.3) is 35.2 Å². The minimum Gasteiger partial charge on any atom is -0.370 e. The summed E-state index contributed by atoms with van der Waals surface area (Å²) in [4.78, 5) is 105. The maximum absolute atomic E-state index is 14.5. The number of nitrogens with zero attached hydrogens (tertiary/aromatic N) is 6. The number of alkyl halides is 3. The predicted molar refractivity (Wildman–Crippen MR) is 244 cm³/mol. The Morgan fingerprint density at radius 3 is 1.49 bits per heavy atom. The Kier molecular flexibility index (Phi) is 19.2. The number of aliphatic hydroxyl groups excluding tert-OH is 1. The van der Waals surface area contributed by atoms with Gasteiger partial charge in [-0.25, -0.2) is 20.0 Å². The van der Waals surface area contributed by atoms with E-state index < -0.39 is 131 Å². The van der Waals surface area contributed by atoms with E-state index in [-0.39, 0.29) is 11.6 Å². The number of nitro groups is 1. The first-order valence-electron chi connectivity index (χ1n) is 19.5.